The maximum Gasteiger partial charge on any atom is 0.226 e. The quantitative estimate of drug-likeness (QED) is 0.929. The number of thiophene rings is 1. The van der Waals surface area contributed by atoms with E-state index in [-0.39, 0.29) is 24.4 Å². The lowest BCUT2D eigenvalue weighted by Gasteiger charge is -2.30. The Balaban J connectivity index is 0.00000180. The van der Waals surface area contributed by atoms with E-state index in [4.69, 9.17) is 5.73 Å². The molecule has 1 fully saturated rings. The van der Waals surface area contributed by atoms with E-state index in [2.05, 4.69) is 11.4 Å². The molecule has 3 nitrogen and oxygen atoms in total. The van der Waals surface area contributed by atoms with Gasteiger partial charge in [0.2, 0.25) is 5.91 Å². The van der Waals surface area contributed by atoms with E-state index in [1.165, 1.54) is 4.88 Å². The van der Waals surface area contributed by atoms with Crippen molar-refractivity contribution in [3.63, 3.8) is 0 Å². The second-order valence-corrected chi connectivity index (χ2v) is 6.09. The highest BCUT2D eigenvalue weighted by molar-refractivity contribution is 7.09. The van der Waals surface area contributed by atoms with Gasteiger partial charge in [-0.1, -0.05) is 12.5 Å². The van der Waals surface area contributed by atoms with Gasteiger partial charge in [-0.3, -0.25) is 4.79 Å². The summed E-state index contributed by atoms with van der Waals surface area (Å²) >= 11 is 1.71. The number of carbonyl (C=O) groups excluding carboxylic acids is 1. The molecule has 1 heterocycles. The smallest absolute Gasteiger partial charge is 0.226 e. The highest BCUT2D eigenvalue weighted by Crippen LogP contribution is 2.25. The van der Waals surface area contributed by atoms with Crippen LogP contribution in [0.15, 0.2) is 17.5 Å². The van der Waals surface area contributed by atoms with Crippen LogP contribution in [0.2, 0.25) is 0 Å². The minimum atomic E-state index is 0. The first kappa shape index (κ1) is 16.5. The van der Waals surface area contributed by atoms with Crippen molar-refractivity contribution in [2.24, 2.45) is 11.7 Å². The fourth-order valence-electron chi connectivity index (χ4n) is 2.65. The van der Waals surface area contributed by atoms with Crippen LogP contribution < -0.4 is 5.73 Å². The van der Waals surface area contributed by atoms with E-state index < -0.39 is 0 Å². The van der Waals surface area contributed by atoms with E-state index >= 15 is 0 Å². The number of amides is 1. The first-order valence-electron chi connectivity index (χ1n) is 6.77. The van der Waals surface area contributed by atoms with Crippen LogP contribution in [0.3, 0.4) is 0 Å². The summed E-state index contributed by atoms with van der Waals surface area (Å²) < 4.78 is 0. The molecule has 2 unspecified atom stereocenters. The van der Waals surface area contributed by atoms with Crippen molar-refractivity contribution < 1.29 is 4.79 Å². The second-order valence-electron chi connectivity index (χ2n) is 5.06. The number of hydrogen-bond acceptors (Lipinski definition) is 3. The van der Waals surface area contributed by atoms with Crippen LogP contribution in [-0.2, 0) is 11.3 Å². The average molecular weight is 303 g/mol. The molecule has 108 valence electrons. The van der Waals surface area contributed by atoms with E-state index in [9.17, 15) is 4.79 Å². The topological polar surface area (TPSA) is 46.3 Å². The molecule has 0 aromatic carbocycles. The molecule has 2 atom stereocenters. The van der Waals surface area contributed by atoms with Crippen molar-refractivity contribution in [3.8, 4) is 0 Å². The third kappa shape index (κ3) is 4.48. The maximum atomic E-state index is 12.5. The lowest BCUT2D eigenvalue weighted by atomic mass is 9.85. The van der Waals surface area contributed by atoms with Crippen LogP contribution in [0.1, 0.15) is 37.5 Å². The molecular weight excluding hydrogens is 280 g/mol. The number of nitrogens with two attached hydrogens (primary N) is 1. The van der Waals surface area contributed by atoms with Crippen LogP contribution in [0, 0.1) is 5.92 Å². The molecule has 19 heavy (non-hydrogen) atoms. The minimum absolute atomic E-state index is 0. The van der Waals surface area contributed by atoms with E-state index in [0.717, 1.165) is 38.8 Å². The first-order valence-corrected chi connectivity index (χ1v) is 7.65. The Morgan fingerprint density at radius 1 is 1.53 bits per heavy atom. The Labute approximate surface area is 125 Å². The number of hydrogen-bond donors (Lipinski definition) is 1. The molecule has 5 heteroatoms. The molecule has 0 spiro atoms. The maximum absolute atomic E-state index is 12.5. The number of nitrogens with zero attached hydrogens (tertiary/aromatic N) is 1. The van der Waals surface area contributed by atoms with E-state index in [1.807, 2.05) is 17.9 Å². The van der Waals surface area contributed by atoms with Crippen LogP contribution in [0.4, 0.5) is 0 Å². The summed E-state index contributed by atoms with van der Waals surface area (Å²) in [6.07, 6.45) is 4.03. The zero-order valence-electron chi connectivity index (χ0n) is 11.4. The highest BCUT2D eigenvalue weighted by Gasteiger charge is 2.28. The summed E-state index contributed by atoms with van der Waals surface area (Å²) in [7, 11) is 0. The summed E-state index contributed by atoms with van der Waals surface area (Å²) in [6, 6.07) is 4.34. The van der Waals surface area contributed by atoms with Crippen LogP contribution in [0.5, 0.6) is 0 Å². The van der Waals surface area contributed by atoms with Crippen molar-refractivity contribution in [2.45, 2.75) is 45.2 Å². The molecule has 1 aromatic heterocycles. The van der Waals surface area contributed by atoms with Gasteiger partial charge in [0.25, 0.3) is 0 Å². The monoisotopic (exact) mass is 302 g/mol. The van der Waals surface area contributed by atoms with Crippen molar-refractivity contribution in [2.75, 3.05) is 6.54 Å². The molecule has 1 saturated carbocycles. The molecular formula is C14H23ClN2OS. The van der Waals surface area contributed by atoms with E-state index in [1.54, 1.807) is 11.3 Å². The van der Waals surface area contributed by atoms with Crippen LogP contribution >= 0.6 is 23.7 Å². The second kappa shape index (κ2) is 7.88. The van der Waals surface area contributed by atoms with Gasteiger partial charge in [0.15, 0.2) is 0 Å². The third-order valence-electron chi connectivity index (χ3n) is 3.68. The van der Waals surface area contributed by atoms with Gasteiger partial charge in [0.1, 0.15) is 0 Å². The SMILES string of the molecule is CCN(Cc1cccs1)C(=O)C1CCCC(N)C1.Cl. The van der Waals surface area contributed by atoms with Gasteiger partial charge in [-0.2, -0.15) is 0 Å². The molecule has 0 radical (unpaired) electrons. The van der Waals surface area contributed by atoms with Crippen molar-refractivity contribution in [3.05, 3.63) is 22.4 Å². The van der Waals surface area contributed by atoms with Gasteiger partial charge in [-0.15, -0.1) is 23.7 Å². The number of rotatable bonds is 4. The standard InChI is InChI=1S/C14H22N2OS.ClH/c1-2-16(10-13-7-4-8-18-13)14(17)11-5-3-6-12(15)9-11;/h4,7-8,11-12H,2-3,5-6,9-10,15H2,1H3;1H. The summed E-state index contributed by atoms with van der Waals surface area (Å²) in [5.74, 6) is 0.440. The van der Waals surface area contributed by atoms with Gasteiger partial charge in [-0.25, -0.2) is 0 Å². The number of carbonyl (C=O) groups is 1. The Bertz CT molecular complexity index is 383. The minimum Gasteiger partial charge on any atom is -0.338 e. The Kier molecular flexibility index (Phi) is 6.83. The zero-order valence-corrected chi connectivity index (χ0v) is 13.0. The molecule has 2 N–H and O–H groups in total. The summed E-state index contributed by atoms with van der Waals surface area (Å²) in [5, 5.41) is 2.06. The molecule has 0 bridgehead atoms. The molecule has 2 rings (SSSR count). The predicted molar refractivity (Wildman–Crippen MR) is 82.6 cm³/mol. The average Bonchev–Trinajstić information content (AvgIpc) is 2.88. The zero-order chi connectivity index (χ0) is 13.0. The van der Waals surface area contributed by atoms with Gasteiger partial charge in [-0.05, 0) is 37.6 Å². The van der Waals surface area contributed by atoms with Gasteiger partial charge in [0.05, 0.1) is 6.54 Å². The molecule has 1 aliphatic rings. The Morgan fingerprint density at radius 3 is 2.89 bits per heavy atom. The highest BCUT2D eigenvalue weighted by atomic mass is 35.5. The van der Waals surface area contributed by atoms with Crippen LogP contribution in [0.25, 0.3) is 0 Å². The molecule has 1 amide bonds. The summed E-state index contributed by atoms with van der Waals surface area (Å²) in [4.78, 5) is 15.7. The molecule has 0 saturated heterocycles. The Hall–Kier alpha value is -0.580. The fourth-order valence-corrected chi connectivity index (χ4v) is 3.37. The van der Waals surface area contributed by atoms with Gasteiger partial charge >= 0.3 is 0 Å². The van der Waals surface area contributed by atoms with Crippen molar-refractivity contribution >= 4 is 29.7 Å². The molecule has 1 aliphatic carbocycles. The van der Waals surface area contributed by atoms with Gasteiger partial charge < -0.3 is 10.6 Å². The van der Waals surface area contributed by atoms with E-state index in [0.29, 0.717) is 5.91 Å². The molecule has 1 aromatic rings. The molecule has 0 aliphatic heterocycles. The summed E-state index contributed by atoms with van der Waals surface area (Å²) in [6.45, 7) is 3.58. The van der Waals surface area contributed by atoms with Crippen molar-refractivity contribution in [1.82, 2.24) is 4.90 Å². The predicted octanol–water partition coefficient (Wildman–Crippen LogP) is 3.04. The fraction of sp³-hybridized carbons (Fsp3) is 0.643. The largest absolute Gasteiger partial charge is 0.338 e. The van der Waals surface area contributed by atoms with Gasteiger partial charge in [0, 0.05) is 23.4 Å². The Morgan fingerprint density at radius 2 is 2.32 bits per heavy atom. The lowest BCUT2D eigenvalue weighted by molar-refractivity contribution is -0.137. The normalized spacial score (nSPS) is 22.6. The lowest BCUT2D eigenvalue weighted by Crippen LogP contribution is -2.40. The first-order chi connectivity index (χ1) is 8.70. The third-order valence-corrected chi connectivity index (χ3v) is 4.55. The number of halogens is 1. The van der Waals surface area contributed by atoms with Crippen LogP contribution in [-0.4, -0.2) is 23.4 Å². The van der Waals surface area contributed by atoms with Crippen molar-refractivity contribution in [1.29, 1.82) is 0 Å². The summed E-state index contributed by atoms with van der Waals surface area (Å²) in [5.41, 5.74) is 5.97.